The van der Waals surface area contributed by atoms with Gasteiger partial charge in [-0.25, -0.2) is 0 Å². The minimum Gasteiger partial charge on any atom is -0.497 e. The molecular weight excluding hydrogens is 348 g/mol. The third-order valence-electron chi connectivity index (χ3n) is 3.81. The second-order valence-corrected chi connectivity index (χ2v) is 6.93. The molecule has 0 aliphatic heterocycles. The molecule has 5 heteroatoms. The molecule has 0 aliphatic rings. The van der Waals surface area contributed by atoms with Gasteiger partial charge >= 0.3 is 0 Å². The molecule has 0 saturated heterocycles. The van der Waals surface area contributed by atoms with Crippen molar-refractivity contribution < 1.29 is 4.74 Å². The van der Waals surface area contributed by atoms with Crippen molar-refractivity contribution >= 4 is 34.4 Å². The smallest absolute Gasteiger partial charge is 0.174 e. The van der Waals surface area contributed by atoms with Gasteiger partial charge in [-0.05, 0) is 53.5 Å². The summed E-state index contributed by atoms with van der Waals surface area (Å²) in [4.78, 5) is 3.38. The maximum Gasteiger partial charge on any atom is 0.174 e. The van der Waals surface area contributed by atoms with Crippen molar-refractivity contribution in [3.63, 3.8) is 0 Å². The molecule has 0 spiro atoms. The quantitative estimate of drug-likeness (QED) is 0.629. The number of nitrogens with zero attached hydrogens (tertiary/aromatic N) is 1. The fourth-order valence-corrected chi connectivity index (χ4v) is 3.40. The highest BCUT2D eigenvalue weighted by Crippen LogP contribution is 2.23. The van der Waals surface area contributed by atoms with Crippen LogP contribution in [0, 0.1) is 0 Å². The molecule has 0 bridgehead atoms. The van der Waals surface area contributed by atoms with Gasteiger partial charge in [0.05, 0.1) is 13.7 Å². The molecule has 3 rings (SSSR count). The first-order chi connectivity index (χ1) is 12.3. The van der Waals surface area contributed by atoms with E-state index >= 15 is 0 Å². The van der Waals surface area contributed by atoms with Crippen molar-refractivity contribution in [3.8, 4) is 5.75 Å². The van der Waals surface area contributed by atoms with Gasteiger partial charge in [0.15, 0.2) is 5.11 Å². The van der Waals surface area contributed by atoms with Gasteiger partial charge in [0.2, 0.25) is 0 Å². The van der Waals surface area contributed by atoms with Crippen molar-refractivity contribution in [1.82, 2.24) is 5.32 Å². The molecule has 0 saturated carbocycles. The van der Waals surface area contributed by atoms with Crippen LogP contribution >= 0.6 is 23.6 Å². The van der Waals surface area contributed by atoms with Gasteiger partial charge in [-0.2, -0.15) is 0 Å². The van der Waals surface area contributed by atoms with Crippen LogP contribution in [0.4, 0.5) is 5.69 Å². The Balaban J connectivity index is 1.75. The first-order valence-electron chi connectivity index (χ1n) is 8.02. The van der Waals surface area contributed by atoms with Crippen molar-refractivity contribution in [2.24, 2.45) is 0 Å². The second kappa shape index (κ2) is 8.65. The van der Waals surface area contributed by atoms with E-state index in [1.54, 1.807) is 18.4 Å². The molecule has 128 valence electrons. The molecule has 0 aliphatic carbocycles. The topological polar surface area (TPSA) is 24.5 Å². The van der Waals surface area contributed by atoms with Crippen molar-refractivity contribution in [3.05, 3.63) is 82.6 Å². The van der Waals surface area contributed by atoms with Crippen LogP contribution in [-0.2, 0) is 13.1 Å². The van der Waals surface area contributed by atoms with Crippen molar-refractivity contribution in [1.29, 1.82) is 0 Å². The van der Waals surface area contributed by atoms with Crippen LogP contribution in [0.1, 0.15) is 10.4 Å². The van der Waals surface area contributed by atoms with Crippen LogP contribution in [0.2, 0.25) is 0 Å². The fraction of sp³-hybridized carbons (Fsp3) is 0.150. The van der Waals surface area contributed by atoms with Gasteiger partial charge in [-0.15, -0.1) is 11.3 Å². The Morgan fingerprint density at radius 1 is 1.04 bits per heavy atom. The van der Waals surface area contributed by atoms with Gasteiger partial charge in [0, 0.05) is 17.1 Å². The summed E-state index contributed by atoms with van der Waals surface area (Å²) in [5.74, 6) is 0.836. The number of methoxy groups -OCH3 is 1. The van der Waals surface area contributed by atoms with E-state index in [1.165, 1.54) is 10.4 Å². The summed E-state index contributed by atoms with van der Waals surface area (Å²) in [7, 11) is 1.67. The number of rotatable bonds is 6. The number of hydrogen-bond acceptors (Lipinski definition) is 3. The lowest BCUT2D eigenvalue weighted by molar-refractivity contribution is 0.415. The summed E-state index contributed by atoms with van der Waals surface area (Å²) in [6.07, 6.45) is 0. The van der Waals surface area contributed by atoms with Crippen LogP contribution in [0.15, 0.2) is 72.1 Å². The fourth-order valence-electron chi connectivity index (χ4n) is 2.47. The highest BCUT2D eigenvalue weighted by atomic mass is 32.1. The monoisotopic (exact) mass is 368 g/mol. The molecule has 1 N–H and O–H groups in total. The Morgan fingerprint density at radius 3 is 2.44 bits per heavy atom. The van der Waals surface area contributed by atoms with E-state index in [2.05, 4.69) is 39.9 Å². The molecule has 25 heavy (non-hydrogen) atoms. The standard InChI is InChI=1S/C20H20N2OS2/c1-23-18-11-9-17(10-12-18)22(15-19-8-5-13-25-19)20(24)21-14-16-6-3-2-4-7-16/h2-13H,14-15H2,1H3,(H,21,24). The Hall–Kier alpha value is -2.37. The normalized spacial score (nSPS) is 10.3. The maximum absolute atomic E-state index is 5.68. The lowest BCUT2D eigenvalue weighted by atomic mass is 10.2. The summed E-state index contributed by atoms with van der Waals surface area (Å²) in [5.41, 5.74) is 2.25. The van der Waals surface area contributed by atoms with Crippen molar-refractivity contribution in [2.75, 3.05) is 12.0 Å². The SMILES string of the molecule is COc1ccc(N(Cc2cccs2)C(=S)NCc2ccccc2)cc1. The maximum atomic E-state index is 5.68. The summed E-state index contributed by atoms with van der Waals surface area (Å²) in [6.45, 7) is 1.45. The average Bonchev–Trinajstić information content (AvgIpc) is 3.18. The molecule has 0 amide bonds. The number of thiocarbonyl (C=S) groups is 1. The third kappa shape index (κ3) is 4.81. The molecule has 1 aromatic heterocycles. The molecule has 3 nitrogen and oxygen atoms in total. The van der Waals surface area contributed by atoms with E-state index in [0.717, 1.165) is 18.0 Å². The number of benzene rings is 2. The number of hydrogen-bond donors (Lipinski definition) is 1. The minimum atomic E-state index is 0.705. The number of thiophene rings is 1. The van der Waals surface area contributed by atoms with Crippen molar-refractivity contribution in [2.45, 2.75) is 13.1 Å². The van der Waals surface area contributed by atoms with E-state index in [4.69, 9.17) is 17.0 Å². The van der Waals surface area contributed by atoms with E-state index in [1.807, 2.05) is 42.5 Å². The molecule has 2 aromatic carbocycles. The second-order valence-electron chi connectivity index (χ2n) is 5.51. The summed E-state index contributed by atoms with van der Waals surface area (Å²) in [6, 6.07) is 22.4. The van der Waals surface area contributed by atoms with Crippen LogP contribution in [0.3, 0.4) is 0 Å². The third-order valence-corrected chi connectivity index (χ3v) is 5.04. The number of ether oxygens (including phenoxy) is 1. The predicted molar refractivity (Wildman–Crippen MR) is 109 cm³/mol. The van der Waals surface area contributed by atoms with Crippen LogP contribution < -0.4 is 15.0 Å². The molecule has 0 atom stereocenters. The molecule has 0 radical (unpaired) electrons. The lowest BCUT2D eigenvalue weighted by Crippen LogP contribution is -2.38. The van der Waals surface area contributed by atoms with E-state index in [-0.39, 0.29) is 0 Å². The van der Waals surface area contributed by atoms with E-state index in [0.29, 0.717) is 11.7 Å². The molecule has 1 heterocycles. The Labute approximate surface area is 157 Å². The minimum absolute atomic E-state index is 0.705. The summed E-state index contributed by atoms with van der Waals surface area (Å²) in [5, 5.41) is 6.17. The zero-order chi connectivity index (χ0) is 17.5. The predicted octanol–water partition coefficient (Wildman–Crippen LogP) is 4.84. The number of nitrogens with one attached hydrogen (secondary N) is 1. The largest absolute Gasteiger partial charge is 0.497 e. The zero-order valence-corrected chi connectivity index (χ0v) is 15.6. The van der Waals surface area contributed by atoms with Gasteiger partial charge in [-0.1, -0.05) is 36.4 Å². The zero-order valence-electron chi connectivity index (χ0n) is 14.0. The molecule has 3 aromatic rings. The summed E-state index contributed by atoms with van der Waals surface area (Å²) >= 11 is 7.41. The Bertz CT molecular complexity index is 786. The Kier molecular flexibility index (Phi) is 6.04. The van der Waals surface area contributed by atoms with Gasteiger partial charge in [-0.3, -0.25) is 0 Å². The highest BCUT2D eigenvalue weighted by Gasteiger charge is 2.13. The van der Waals surface area contributed by atoms with Gasteiger partial charge in [0.1, 0.15) is 5.75 Å². The van der Waals surface area contributed by atoms with Crippen LogP contribution in [0.5, 0.6) is 5.75 Å². The molecule has 0 unspecified atom stereocenters. The molecule has 0 fully saturated rings. The number of anilines is 1. The first-order valence-corrected chi connectivity index (χ1v) is 9.31. The summed E-state index contributed by atoms with van der Waals surface area (Å²) < 4.78 is 5.26. The van der Waals surface area contributed by atoms with E-state index < -0.39 is 0 Å². The van der Waals surface area contributed by atoms with Gasteiger partial charge < -0.3 is 15.0 Å². The lowest BCUT2D eigenvalue weighted by Gasteiger charge is -2.26. The highest BCUT2D eigenvalue weighted by molar-refractivity contribution is 7.80. The van der Waals surface area contributed by atoms with Crippen LogP contribution in [-0.4, -0.2) is 12.2 Å². The molecular formula is C20H20N2OS2. The van der Waals surface area contributed by atoms with Gasteiger partial charge in [0.25, 0.3) is 0 Å². The van der Waals surface area contributed by atoms with E-state index in [9.17, 15) is 0 Å². The first kappa shape index (κ1) is 17.5. The van der Waals surface area contributed by atoms with Crippen LogP contribution in [0.25, 0.3) is 0 Å². The Morgan fingerprint density at radius 2 is 1.80 bits per heavy atom. The average molecular weight is 369 g/mol.